The first-order valence-corrected chi connectivity index (χ1v) is 9.56. The number of para-hydroxylation sites is 1. The first kappa shape index (κ1) is 21.6. The number of carboxylic acids is 1. The molecule has 1 amide bonds. The molecule has 3 aromatic rings. The predicted octanol–water partition coefficient (Wildman–Crippen LogP) is 2.55. The average Bonchev–Trinajstić information content (AvgIpc) is 2.81. The highest BCUT2D eigenvalue weighted by molar-refractivity contribution is 6.01. The molecule has 0 aliphatic rings. The van der Waals surface area contributed by atoms with Crippen molar-refractivity contribution in [3.05, 3.63) is 95.6 Å². The van der Waals surface area contributed by atoms with Crippen molar-refractivity contribution in [3.63, 3.8) is 0 Å². The molecule has 0 heterocycles. The summed E-state index contributed by atoms with van der Waals surface area (Å²) < 4.78 is 10.8. The van der Waals surface area contributed by atoms with E-state index in [4.69, 9.17) is 9.47 Å². The first-order chi connectivity index (χ1) is 15.0. The zero-order chi connectivity index (χ0) is 22.1. The predicted molar refractivity (Wildman–Crippen MR) is 114 cm³/mol. The van der Waals surface area contributed by atoms with Crippen LogP contribution in [0.3, 0.4) is 0 Å². The van der Waals surface area contributed by atoms with Crippen molar-refractivity contribution < 1.29 is 24.2 Å². The molecule has 0 radical (unpaired) electrons. The van der Waals surface area contributed by atoms with Crippen LogP contribution in [0.4, 0.5) is 0 Å². The fourth-order valence-corrected chi connectivity index (χ4v) is 2.65. The molecular weight excluding hydrogens is 396 g/mol. The molecule has 0 aliphatic carbocycles. The van der Waals surface area contributed by atoms with Crippen LogP contribution in [-0.2, 0) is 11.4 Å². The van der Waals surface area contributed by atoms with E-state index in [1.54, 1.807) is 43.3 Å². The van der Waals surface area contributed by atoms with E-state index < -0.39 is 12.6 Å². The van der Waals surface area contributed by atoms with Crippen LogP contribution >= 0.6 is 0 Å². The number of hydrogen-bond acceptors (Lipinski definition) is 6. The van der Waals surface area contributed by atoms with Gasteiger partial charge in [0.15, 0.2) is 0 Å². The van der Waals surface area contributed by atoms with E-state index in [0.717, 1.165) is 11.3 Å². The number of carbonyl (C=O) groups excluding carboxylic acids is 2. The Bertz CT molecular complexity index is 1060. The molecule has 0 bridgehead atoms. The summed E-state index contributed by atoms with van der Waals surface area (Å²) in [6, 6.07) is 23.3. The Balaban J connectivity index is 1.56. The Labute approximate surface area is 179 Å². The van der Waals surface area contributed by atoms with Crippen LogP contribution in [-0.4, -0.2) is 24.2 Å². The van der Waals surface area contributed by atoms with E-state index in [0.29, 0.717) is 29.2 Å². The monoisotopic (exact) mass is 417 g/mol. The van der Waals surface area contributed by atoms with Gasteiger partial charge in [-0.15, -0.1) is 0 Å². The molecule has 0 spiro atoms. The Hall–Kier alpha value is -4.13. The number of carbonyl (C=O) groups is 2. The first-order valence-electron chi connectivity index (χ1n) is 9.56. The van der Waals surface area contributed by atoms with Crippen LogP contribution < -0.4 is 20.0 Å². The number of carboxylic acid groups (broad SMARTS) is 1. The summed E-state index contributed by atoms with van der Waals surface area (Å²) >= 11 is 0. The van der Waals surface area contributed by atoms with Crippen molar-refractivity contribution >= 4 is 17.6 Å². The van der Waals surface area contributed by atoms with Gasteiger partial charge in [0.2, 0.25) is 0 Å². The summed E-state index contributed by atoms with van der Waals surface area (Å²) in [5.41, 5.74) is 5.15. The van der Waals surface area contributed by atoms with Gasteiger partial charge in [0.05, 0.1) is 11.7 Å². The third-order valence-electron chi connectivity index (χ3n) is 4.30. The Morgan fingerprint density at radius 1 is 0.871 bits per heavy atom. The molecule has 0 saturated carbocycles. The van der Waals surface area contributed by atoms with Gasteiger partial charge >= 0.3 is 0 Å². The number of hydrazone groups is 1. The zero-order valence-electron chi connectivity index (χ0n) is 16.9. The number of hydrogen-bond donors (Lipinski definition) is 1. The SMILES string of the molecule is C/C(=N/NC(=O)c1ccc(COc2ccccc2)cc1)c1cccc(OCC(=O)[O-])c1. The molecule has 0 fully saturated rings. The van der Waals surface area contributed by atoms with E-state index in [1.165, 1.54) is 0 Å². The number of ether oxygens (including phenoxy) is 2. The third-order valence-corrected chi connectivity index (χ3v) is 4.30. The highest BCUT2D eigenvalue weighted by Gasteiger charge is 2.06. The van der Waals surface area contributed by atoms with Gasteiger partial charge in [0.1, 0.15) is 24.7 Å². The molecule has 0 aromatic heterocycles. The van der Waals surface area contributed by atoms with Gasteiger partial charge in [-0.2, -0.15) is 5.10 Å². The lowest BCUT2D eigenvalue weighted by atomic mass is 10.1. The van der Waals surface area contributed by atoms with Gasteiger partial charge in [-0.25, -0.2) is 5.43 Å². The quantitative estimate of drug-likeness (QED) is 0.426. The van der Waals surface area contributed by atoms with Crippen molar-refractivity contribution in [2.75, 3.05) is 6.61 Å². The lowest BCUT2D eigenvalue weighted by molar-refractivity contribution is -0.307. The number of amides is 1. The molecule has 31 heavy (non-hydrogen) atoms. The number of nitrogens with zero attached hydrogens (tertiary/aromatic N) is 1. The Morgan fingerprint density at radius 2 is 1.58 bits per heavy atom. The topological polar surface area (TPSA) is 100 Å². The maximum Gasteiger partial charge on any atom is 0.271 e. The smallest absolute Gasteiger partial charge is 0.271 e. The van der Waals surface area contributed by atoms with Crippen molar-refractivity contribution in [1.29, 1.82) is 0 Å². The van der Waals surface area contributed by atoms with Crippen molar-refractivity contribution in [2.24, 2.45) is 5.10 Å². The second-order valence-electron chi connectivity index (χ2n) is 6.63. The Morgan fingerprint density at radius 3 is 2.29 bits per heavy atom. The summed E-state index contributed by atoms with van der Waals surface area (Å²) in [5, 5.41) is 14.6. The van der Waals surface area contributed by atoms with E-state index in [2.05, 4.69) is 10.5 Å². The molecular formula is C24H21N2O5-. The fourth-order valence-electron chi connectivity index (χ4n) is 2.65. The highest BCUT2D eigenvalue weighted by Crippen LogP contribution is 2.14. The standard InChI is InChI=1S/C24H22N2O5/c1-17(20-6-5-9-22(14-20)31-16-23(27)28)25-26-24(29)19-12-10-18(11-13-19)15-30-21-7-3-2-4-8-21/h2-14H,15-16H2,1H3,(H,26,29)(H,27,28)/p-1/b25-17-. The molecule has 158 valence electrons. The summed E-state index contributed by atoms with van der Waals surface area (Å²) in [6.07, 6.45) is 0. The molecule has 7 nitrogen and oxygen atoms in total. The number of aliphatic carboxylic acids is 1. The number of benzene rings is 3. The molecule has 0 atom stereocenters. The van der Waals surface area contributed by atoms with Crippen LogP contribution in [0.1, 0.15) is 28.4 Å². The van der Waals surface area contributed by atoms with Gasteiger partial charge in [-0.1, -0.05) is 42.5 Å². The second-order valence-corrected chi connectivity index (χ2v) is 6.63. The maximum atomic E-state index is 12.4. The summed E-state index contributed by atoms with van der Waals surface area (Å²) in [7, 11) is 0. The molecule has 7 heteroatoms. The Kier molecular flexibility index (Phi) is 7.37. The molecule has 0 aliphatic heterocycles. The van der Waals surface area contributed by atoms with E-state index >= 15 is 0 Å². The molecule has 0 saturated heterocycles. The lowest BCUT2D eigenvalue weighted by Gasteiger charge is -2.09. The van der Waals surface area contributed by atoms with Gasteiger partial charge < -0.3 is 19.4 Å². The minimum absolute atomic E-state index is 0.348. The van der Waals surface area contributed by atoms with E-state index in [9.17, 15) is 14.7 Å². The summed E-state index contributed by atoms with van der Waals surface area (Å²) in [5.74, 6) is -0.501. The van der Waals surface area contributed by atoms with Crippen molar-refractivity contribution in [3.8, 4) is 11.5 Å². The van der Waals surface area contributed by atoms with Crippen LogP contribution in [0.5, 0.6) is 11.5 Å². The molecule has 3 aromatic carbocycles. The lowest BCUT2D eigenvalue weighted by Crippen LogP contribution is -2.28. The van der Waals surface area contributed by atoms with Gasteiger partial charge in [0.25, 0.3) is 5.91 Å². The zero-order valence-corrected chi connectivity index (χ0v) is 16.9. The highest BCUT2D eigenvalue weighted by atomic mass is 16.5. The van der Waals surface area contributed by atoms with Gasteiger partial charge in [-0.3, -0.25) is 4.79 Å². The minimum atomic E-state index is -1.30. The number of nitrogens with one attached hydrogen (secondary N) is 1. The summed E-state index contributed by atoms with van der Waals surface area (Å²) in [6.45, 7) is 1.59. The number of rotatable bonds is 9. The fraction of sp³-hybridized carbons (Fsp3) is 0.125. The summed E-state index contributed by atoms with van der Waals surface area (Å²) in [4.78, 5) is 22.9. The normalized spacial score (nSPS) is 10.9. The van der Waals surface area contributed by atoms with Crippen LogP contribution in [0, 0.1) is 0 Å². The van der Waals surface area contributed by atoms with Crippen LogP contribution in [0.25, 0.3) is 0 Å². The average molecular weight is 417 g/mol. The molecule has 1 N–H and O–H groups in total. The van der Waals surface area contributed by atoms with Crippen LogP contribution in [0.2, 0.25) is 0 Å². The molecule has 3 rings (SSSR count). The largest absolute Gasteiger partial charge is 0.546 e. The van der Waals surface area contributed by atoms with Gasteiger partial charge in [0, 0.05) is 11.1 Å². The van der Waals surface area contributed by atoms with E-state index in [1.807, 2.05) is 42.5 Å². The molecule has 0 unspecified atom stereocenters. The van der Waals surface area contributed by atoms with Gasteiger partial charge in [-0.05, 0) is 48.9 Å². The van der Waals surface area contributed by atoms with Crippen LogP contribution in [0.15, 0.2) is 84.0 Å². The maximum absolute atomic E-state index is 12.4. The third kappa shape index (κ3) is 6.71. The van der Waals surface area contributed by atoms with Crippen molar-refractivity contribution in [2.45, 2.75) is 13.5 Å². The minimum Gasteiger partial charge on any atom is -0.546 e. The van der Waals surface area contributed by atoms with E-state index in [-0.39, 0.29) is 5.91 Å². The van der Waals surface area contributed by atoms with Crippen molar-refractivity contribution in [1.82, 2.24) is 5.43 Å². The second kappa shape index (κ2) is 10.6.